The number of nitrogens with one attached hydrogen (secondary N) is 1. The fraction of sp³-hybridized carbons (Fsp3) is 0.263. The van der Waals surface area contributed by atoms with E-state index in [2.05, 4.69) is 24.4 Å². The quantitative estimate of drug-likeness (QED) is 0.850. The van der Waals surface area contributed by atoms with Gasteiger partial charge in [-0.1, -0.05) is 24.3 Å². The number of amides is 1. The molecule has 0 spiro atoms. The lowest BCUT2D eigenvalue weighted by Crippen LogP contribution is -2.30. The molecular weight excluding hydrogens is 304 g/mol. The van der Waals surface area contributed by atoms with E-state index < -0.39 is 0 Å². The van der Waals surface area contributed by atoms with Crippen LogP contribution >= 0.6 is 0 Å². The van der Waals surface area contributed by atoms with E-state index in [-0.39, 0.29) is 12.5 Å². The molecule has 1 amide bonds. The highest BCUT2D eigenvalue weighted by Gasteiger charge is 2.08. The highest BCUT2D eigenvalue weighted by Crippen LogP contribution is 2.27. The molecule has 0 saturated heterocycles. The van der Waals surface area contributed by atoms with Gasteiger partial charge in [-0.25, -0.2) is 0 Å². The lowest BCUT2D eigenvalue weighted by atomic mass is 10.1. The molecule has 124 valence electrons. The van der Waals surface area contributed by atoms with Crippen LogP contribution in [-0.2, 0) is 11.2 Å². The minimum absolute atomic E-state index is 0.101. The maximum atomic E-state index is 11.9. The third-order valence-electron chi connectivity index (χ3n) is 3.63. The molecule has 0 saturated carbocycles. The Morgan fingerprint density at radius 3 is 2.71 bits per heavy atom. The molecule has 0 aliphatic carbocycles. The van der Waals surface area contributed by atoms with Gasteiger partial charge in [0.15, 0.2) is 18.1 Å². The molecule has 0 aliphatic rings. The number of methoxy groups -OCH3 is 1. The number of nitriles is 1. The van der Waals surface area contributed by atoms with E-state index in [9.17, 15) is 4.79 Å². The molecule has 0 radical (unpaired) electrons. The van der Waals surface area contributed by atoms with Gasteiger partial charge >= 0.3 is 0 Å². The van der Waals surface area contributed by atoms with Crippen molar-refractivity contribution < 1.29 is 14.3 Å². The van der Waals surface area contributed by atoms with Crippen LogP contribution in [0, 0.1) is 18.3 Å². The van der Waals surface area contributed by atoms with Crippen molar-refractivity contribution in [3.63, 3.8) is 0 Å². The summed E-state index contributed by atoms with van der Waals surface area (Å²) in [5.74, 6) is 0.669. The molecule has 0 bridgehead atoms. The Hall–Kier alpha value is -3.00. The van der Waals surface area contributed by atoms with Crippen LogP contribution in [0.25, 0.3) is 0 Å². The maximum absolute atomic E-state index is 11.9. The van der Waals surface area contributed by atoms with Crippen LogP contribution in [0.4, 0.5) is 0 Å². The standard InChI is InChI=1S/C19H20N2O3/c1-14-5-3-4-6-16(14)9-10-21-19(22)13-24-17-8-7-15(12-20)11-18(17)23-2/h3-8,11H,9-10,13H2,1-2H3,(H,21,22). The minimum atomic E-state index is -0.199. The Balaban J connectivity index is 1.81. The van der Waals surface area contributed by atoms with Crippen molar-refractivity contribution in [1.82, 2.24) is 5.32 Å². The second-order valence-electron chi connectivity index (χ2n) is 5.29. The topological polar surface area (TPSA) is 71.3 Å². The molecule has 0 atom stereocenters. The summed E-state index contributed by atoms with van der Waals surface area (Å²) in [4.78, 5) is 11.9. The van der Waals surface area contributed by atoms with Gasteiger partial charge in [-0.15, -0.1) is 0 Å². The zero-order chi connectivity index (χ0) is 17.4. The molecular formula is C19H20N2O3. The largest absolute Gasteiger partial charge is 0.493 e. The number of hydrogen-bond acceptors (Lipinski definition) is 4. The van der Waals surface area contributed by atoms with Crippen molar-refractivity contribution in [2.24, 2.45) is 0 Å². The lowest BCUT2D eigenvalue weighted by molar-refractivity contribution is -0.123. The molecule has 0 aromatic heterocycles. The monoisotopic (exact) mass is 324 g/mol. The van der Waals surface area contributed by atoms with Crippen LogP contribution in [0.1, 0.15) is 16.7 Å². The average molecular weight is 324 g/mol. The van der Waals surface area contributed by atoms with Gasteiger partial charge in [-0.2, -0.15) is 5.26 Å². The zero-order valence-electron chi connectivity index (χ0n) is 13.8. The van der Waals surface area contributed by atoms with Gasteiger partial charge in [0.2, 0.25) is 0 Å². The summed E-state index contributed by atoms with van der Waals surface area (Å²) in [6, 6.07) is 14.9. The molecule has 5 nitrogen and oxygen atoms in total. The van der Waals surface area contributed by atoms with Gasteiger partial charge in [-0.05, 0) is 36.6 Å². The van der Waals surface area contributed by atoms with E-state index in [1.807, 2.05) is 18.2 Å². The van der Waals surface area contributed by atoms with Crippen molar-refractivity contribution in [3.05, 3.63) is 59.2 Å². The number of benzene rings is 2. The minimum Gasteiger partial charge on any atom is -0.493 e. The average Bonchev–Trinajstić information content (AvgIpc) is 2.61. The number of carbonyl (C=O) groups excluding carboxylic acids is 1. The summed E-state index contributed by atoms with van der Waals surface area (Å²) in [7, 11) is 1.49. The Kier molecular flexibility index (Phi) is 6.21. The van der Waals surface area contributed by atoms with Crippen LogP contribution in [0.2, 0.25) is 0 Å². The Bertz CT molecular complexity index is 751. The summed E-state index contributed by atoms with van der Waals surface area (Å²) in [6.45, 7) is 2.50. The van der Waals surface area contributed by atoms with Gasteiger partial charge in [0, 0.05) is 12.6 Å². The van der Waals surface area contributed by atoms with E-state index in [1.165, 1.54) is 18.2 Å². The first-order valence-electron chi connectivity index (χ1n) is 7.66. The molecule has 0 aliphatic heterocycles. The van der Waals surface area contributed by atoms with Crippen LogP contribution in [0.15, 0.2) is 42.5 Å². The van der Waals surface area contributed by atoms with Gasteiger partial charge < -0.3 is 14.8 Å². The molecule has 5 heteroatoms. The van der Waals surface area contributed by atoms with Crippen LogP contribution < -0.4 is 14.8 Å². The molecule has 0 heterocycles. The van der Waals surface area contributed by atoms with Crippen molar-refractivity contribution in [3.8, 4) is 17.6 Å². The SMILES string of the molecule is COc1cc(C#N)ccc1OCC(=O)NCCc1ccccc1C. The Morgan fingerprint density at radius 1 is 1.21 bits per heavy atom. The fourth-order valence-electron chi connectivity index (χ4n) is 2.28. The molecule has 24 heavy (non-hydrogen) atoms. The molecule has 2 aromatic carbocycles. The van der Waals surface area contributed by atoms with E-state index in [0.29, 0.717) is 23.6 Å². The predicted octanol–water partition coefficient (Wildman–Crippen LogP) is 2.61. The summed E-state index contributed by atoms with van der Waals surface area (Å²) < 4.78 is 10.6. The molecule has 2 rings (SSSR count). The normalized spacial score (nSPS) is 9.88. The number of rotatable bonds is 7. The second-order valence-corrected chi connectivity index (χ2v) is 5.29. The molecule has 0 unspecified atom stereocenters. The third-order valence-corrected chi connectivity index (χ3v) is 3.63. The number of carbonyl (C=O) groups is 1. The smallest absolute Gasteiger partial charge is 0.257 e. The van der Waals surface area contributed by atoms with Crippen molar-refractivity contribution in [2.75, 3.05) is 20.3 Å². The molecule has 2 aromatic rings. The fourth-order valence-corrected chi connectivity index (χ4v) is 2.28. The summed E-state index contributed by atoms with van der Waals surface area (Å²) in [6.07, 6.45) is 0.776. The van der Waals surface area contributed by atoms with Gasteiger partial charge in [0.25, 0.3) is 5.91 Å². The number of nitrogens with zero attached hydrogens (tertiary/aromatic N) is 1. The summed E-state index contributed by atoms with van der Waals surface area (Å²) in [5.41, 5.74) is 2.90. The summed E-state index contributed by atoms with van der Waals surface area (Å²) >= 11 is 0. The Labute approximate surface area is 141 Å². The Morgan fingerprint density at radius 2 is 2.00 bits per heavy atom. The number of hydrogen-bond donors (Lipinski definition) is 1. The second kappa shape index (κ2) is 8.59. The van der Waals surface area contributed by atoms with Gasteiger partial charge in [0.05, 0.1) is 18.7 Å². The van der Waals surface area contributed by atoms with E-state index in [0.717, 1.165) is 6.42 Å². The highest BCUT2D eigenvalue weighted by atomic mass is 16.5. The van der Waals surface area contributed by atoms with Crippen molar-refractivity contribution >= 4 is 5.91 Å². The van der Waals surface area contributed by atoms with E-state index >= 15 is 0 Å². The number of aryl methyl sites for hydroxylation is 1. The predicted molar refractivity (Wildman–Crippen MR) is 91.1 cm³/mol. The van der Waals surface area contributed by atoms with Crippen LogP contribution in [0.5, 0.6) is 11.5 Å². The zero-order valence-corrected chi connectivity index (χ0v) is 13.8. The highest BCUT2D eigenvalue weighted by molar-refractivity contribution is 5.77. The van der Waals surface area contributed by atoms with Crippen molar-refractivity contribution in [1.29, 1.82) is 5.26 Å². The van der Waals surface area contributed by atoms with Crippen LogP contribution in [-0.4, -0.2) is 26.2 Å². The molecule has 0 fully saturated rings. The van der Waals surface area contributed by atoms with Gasteiger partial charge in [0.1, 0.15) is 0 Å². The maximum Gasteiger partial charge on any atom is 0.257 e. The first kappa shape index (κ1) is 17.4. The van der Waals surface area contributed by atoms with E-state index in [4.69, 9.17) is 14.7 Å². The number of ether oxygens (including phenoxy) is 2. The first-order valence-corrected chi connectivity index (χ1v) is 7.66. The summed E-state index contributed by atoms with van der Waals surface area (Å²) in [5, 5.41) is 11.7. The van der Waals surface area contributed by atoms with Crippen LogP contribution in [0.3, 0.4) is 0 Å². The van der Waals surface area contributed by atoms with Gasteiger partial charge in [-0.3, -0.25) is 4.79 Å². The first-order chi connectivity index (χ1) is 11.6. The third kappa shape index (κ3) is 4.75. The molecule has 1 N–H and O–H groups in total. The van der Waals surface area contributed by atoms with Crippen molar-refractivity contribution in [2.45, 2.75) is 13.3 Å². The van der Waals surface area contributed by atoms with E-state index in [1.54, 1.807) is 18.2 Å². The lowest BCUT2D eigenvalue weighted by Gasteiger charge is -2.11.